The fourth-order valence-corrected chi connectivity index (χ4v) is 2.14. The summed E-state index contributed by atoms with van der Waals surface area (Å²) in [5.41, 5.74) is 5.58. The van der Waals surface area contributed by atoms with Crippen LogP contribution in [0.1, 0.15) is 18.7 Å². The maximum atomic E-state index is 5.58. The summed E-state index contributed by atoms with van der Waals surface area (Å²) < 4.78 is 2.03. The van der Waals surface area contributed by atoms with Crippen LogP contribution in [0.3, 0.4) is 0 Å². The Bertz CT molecular complexity index is 341. The second-order valence-corrected chi connectivity index (χ2v) is 4.30. The fraction of sp³-hybridized carbons (Fsp3) is 0.600. The Labute approximate surface area is 95.1 Å². The number of likely N-dealkylation sites (tertiary alicyclic amines) is 1. The van der Waals surface area contributed by atoms with Gasteiger partial charge in [-0.05, 0) is 25.9 Å². The molecule has 1 aromatic rings. The monoisotopic (exact) mass is 224 g/mol. The average molecular weight is 224 g/mol. The maximum Gasteiger partial charge on any atom is 0.167 e. The number of nitrogens with two attached hydrogens (primary N) is 1. The van der Waals surface area contributed by atoms with Crippen LogP contribution in [0.15, 0.2) is 12.4 Å². The van der Waals surface area contributed by atoms with Gasteiger partial charge in [-0.15, -0.1) is 0 Å². The normalized spacial score (nSPS) is 17.1. The zero-order valence-corrected chi connectivity index (χ0v) is 9.54. The van der Waals surface area contributed by atoms with Crippen molar-refractivity contribution in [3.63, 3.8) is 0 Å². The van der Waals surface area contributed by atoms with Crippen LogP contribution in [0.4, 0.5) is 0 Å². The van der Waals surface area contributed by atoms with Gasteiger partial charge in [-0.25, -0.2) is 4.98 Å². The number of rotatable bonds is 4. The van der Waals surface area contributed by atoms with Crippen LogP contribution in [-0.2, 0) is 6.54 Å². The van der Waals surface area contributed by atoms with Crippen molar-refractivity contribution in [3.8, 4) is 0 Å². The van der Waals surface area contributed by atoms with Gasteiger partial charge in [-0.1, -0.05) is 12.2 Å². The topological polar surface area (TPSA) is 47.1 Å². The number of hydrogen-bond donors (Lipinski definition) is 1. The van der Waals surface area contributed by atoms with Crippen LogP contribution in [-0.4, -0.2) is 39.1 Å². The summed E-state index contributed by atoms with van der Waals surface area (Å²) in [5, 5.41) is 0. The molecule has 0 aromatic carbocycles. The summed E-state index contributed by atoms with van der Waals surface area (Å²) in [6.07, 6.45) is 6.33. The Morgan fingerprint density at radius 1 is 1.40 bits per heavy atom. The highest BCUT2D eigenvalue weighted by Gasteiger charge is 2.12. The molecule has 4 nitrogen and oxygen atoms in total. The predicted octanol–water partition coefficient (Wildman–Crippen LogP) is 0.613. The van der Waals surface area contributed by atoms with Crippen LogP contribution in [0.25, 0.3) is 0 Å². The second-order valence-electron chi connectivity index (χ2n) is 3.86. The van der Waals surface area contributed by atoms with Crippen LogP contribution >= 0.6 is 12.2 Å². The summed E-state index contributed by atoms with van der Waals surface area (Å²) in [5.74, 6) is 0.726. The summed E-state index contributed by atoms with van der Waals surface area (Å²) >= 11 is 4.93. The van der Waals surface area contributed by atoms with Crippen molar-refractivity contribution in [3.05, 3.63) is 18.2 Å². The third-order valence-corrected chi connectivity index (χ3v) is 2.97. The number of thiocarbonyl (C=S) groups is 1. The third-order valence-electron chi connectivity index (χ3n) is 2.79. The summed E-state index contributed by atoms with van der Waals surface area (Å²) in [6.45, 7) is 4.42. The zero-order chi connectivity index (χ0) is 10.7. The molecule has 1 aliphatic rings. The molecule has 2 heterocycles. The molecule has 15 heavy (non-hydrogen) atoms. The molecule has 1 saturated heterocycles. The van der Waals surface area contributed by atoms with Crippen molar-refractivity contribution in [1.82, 2.24) is 14.5 Å². The maximum absolute atomic E-state index is 5.58. The van der Waals surface area contributed by atoms with Crippen LogP contribution in [0, 0.1) is 0 Å². The third kappa shape index (κ3) is 2.54. The molecule has 0 saturated carbocycles. The fourth-order valence-electron chi connectivity index (χ4n) is 1.97. The highest BCUT2D eigenvalue weighted by molar-refractivity contribution is 7.80. The van der Waals surface area contributed by atoms with Crippen LogP contribution < -0.4 is 5.73 Å². The van der Waals surface area contributed by atoms with E-state index in [1.54, 1.807) is 6.20 Å². The Hall–Kier alpha value is -0.940. The number of nitrogens with zero attached hydrogens (tertiary/aromatic N) is 3. The lowest BCUT2D eigenvalue weighted by molar-refractivity contribution is 0.322. The van der Waals surface area contributed by atoms with E-state index in [1.165, 1.54) is 25.9 Å². The molecule has 0 spiro atoms. The molecule has 2 rings (SSSR count). The molecular formula is C10H16N4S. The van der Waals surface area contributed by atoms with Gasteiger partial charge >= 0.3 is 0 Å². The van der Waals surface area contributed by atoms with Crippen molar-refractivity contribution >= 4 is 17.2 Å². The molecule has 0 unspecified atom stereocenters. The number of hydrogen-bond acceptors (Lipinski definition) is 3. The first-order valence-electron chi connectivity index (χ1n) is 5.30. The van der Waals surface area contributed by atoms with Crippen molar-refractivity contribution in [2.24, 2.45) is 5.73 Å². The predicted molar refractivity (Wildman–Crippen MR) is 63.8 cm³/mol. The van der Waals surface area contributed by atoms with Gasteiger partial charge in [0.2, 0.25) is 0 Å². The molecule has 1 aliphatic heterocycles. The minimum absolute atomic E-state index is 0.376. The first-order chi connectivity index (χ1) is 7.27. The highest BCUT2D eigenvalue weighted by atomic mass is 32.1. The van der Waals surface area contributed by atoms with Gasteiger partial charge in [0.15, 0.2) is 5.82 Å². The molecule has 0 aliphatic carbocycles. The smallest absolute Gasteiger partial charge is 0.167 e. The Balaban J connectivity index is 1.92. The molecule has 0 amide bonds. The van der Waals surface area contributed by atoms with E-state index in [9.17, 15) is 0 Å². The zero-order valence-electron chi connectivity index (χ0n) is 8.72. The summed E-state index contributed by atoms with van der Waals surface area (Å²) in [4.78, 5) is 6.98. The Morgan fingerprint density at radius 3 is 2.80 bits per heavy atom. The molecular weight excluding hydrogens is 208 g/mol. The second kappa shape index (κ2) is 4.72. The van der Waals surface area contributed by atoms with E-state index in [2.05, 4.69) is 9.88 Å². The molecule has 5 heteroatoms. The van der Waals surface area contributed by atoms with E-state index < -0.39 is 0 Å². The van der Waals surface area contributed by atoms with Gasteiger partial charge in [0.05, 0.1) is 0 Å². The van der Waals surface area contributed by atoms with Crippen molar-refractivity contribution in [2.45, 2.75) is 19.4 Å². The van der Waals surface area contributed by atoms with E-state index in [-0.39, 0.29) is 0 Å². The lowest BCUT2D eigenvalue weighted by Gasteiger charge is -2.15. The molecule has 2 N–H and O–H groups in total. The standard InChI is InChI=1S/C10H16N4S/c11-9(15)10-12-3-6-14(10)8-7-13-4-1-2-5-13/h3,6H,1-2,4-5,7-8H2,(H2,11,15). The minimum atomic E-state index is 0.376. The van der Waals surface area contributed by atoms with E-state index in [0.717, 1.165) is 18.9 Å². The molecule has 82 valence electrons. The van der Waals surface area contributed by atoms with Gasteiger partial charge in [0.25, 0.3) is 0 Å². The number of aromatic nitrogens is 2. The van der Waals surface area contributed by atoms with E-state index in [1.807, 2.05) is 10.8 Å². The van der Waals surface area contributed by atoms with Crippen molar-refractivity contribution < 1.29 is 0 Å². The van der Waals surface area contributed by atoms with Gasteiger partial charge in [0, 0.05) is 25.5 Å². The summed E-state index contributed by atoms with van der Waals surface area (Å²) in [6, 6.07) is 0. The first-order valence-corrected chi connectivity index (χ1v) is 5.71. The highest BCUT2D eigenvalue weighted by Crippen LogP contribution is 2.07. The van der Waals surface area contributed by atoms with Crippen LogP contribution in [0.2, 0.25) is 0 Å². The van der Waals surface area contributed by atoms with Crippen LogP contribution in [0.5, 0.6) is 0 Å². The number of imidazole rings is 1. The van der Waals surface area contributed by atoms with Gasteiger partial charge in [-0.2, -0.15) is 0 Å². The van der Waals surface area contributed by atoms with E-state index >= 15 is 0 Å². The molecule has 0 bridgehead atoms. The molecule has 1 aromatic heterocycles. The molecule has 1 fully saturated rings. The van der Waals surface area contributed by atoms with Crippen molar-refractivity contribution in [2.75, 3.05) is 19.6 Å². The molecule has 0 radical (unpaired) electrons. The van der Waals surface area contributed by atoms with Gasteiger partial charge in [-0.3, -0.25) is 0 Å². The van der Waals surface area contributed by atoms with Gasteiger partial charge in [0.1, 0.15) is 4.99 Å². The van der Waals surface area contributed by atoms with Crippen molar-refractivity contribution in [1.29, 1.82) is 0 Å². The van der Waals surface area contributed by atoms with E-state index in [4.69, 9.17) is 18.0 Å². The molecule has 0 atom stereocenters. The Morgan fingerprint density at radius 2 is 2.13 bits per heavy atom. The minimum Gasteiger partial charge on any atom is -0.387 e. The lowest BCUT2D eigenvalue weighted by Crippen LogP contribution is -2.26. The van der Waals surface area contributed by atoms with Gasteiger partial charge < -0.3 is 15.2 Å². The quantitative estimate of drug-likeness (QED) is 0.761. The van der Waals surface area contributed by atoms with E-state index in [0.29, 0.717) is 4.99 Å². The lowest BCUT2D eigenvalue weighted by atomic mass is 10.4. The summed E-state index contributed by atoms with van der Waals surface area (Å²) in [7, 11) is 0. The average Bonchev–Trinajstić information content (AvgIpc) is 2.86. The first kappa shape index (κ1) is 10.6. The Kier molecular flexibility index (Phi) is 3.33. The SMILES string of the molecule is NC(=S)c1nccn1CCN1CCCC1. The largest absolute Gasteiger partial charge is 0.387 e.